The molecule has 7 heteroatoms. The number of thiophene rings is 2. The molecule has 1 aliphatic heterocycles. The minimum atomic E-state index is 0.495. The van der Waals surface area contributed by atoms with Crippen LogP contribution in [0.2, 0.25) is 0 Å². The molecule has 0 amide bonds. The summed E-state index contributed by atoms with van der Waals surface area (Å²) in [5.41, 5.74) is 0. The lowest BCUT2D eigenvalue weighted by Gasteiger charge is -2.33. The summed E-state index contributed by atoms with van der Waals surface area (Å²) in [6.07, 6.45) is 2.29. The number of nitrogens with one attached hydrogen (secondary N) is 2. The maximum absolute atomic E-state index is 4.73. The highest BCUT2D eigenvalue weighted by Gasteiger charge is 2.20. The van der Waals surface area contributed by atoms with Crippen molar-refractivity contribution in [2.45, 2.75) is 32.4 Å². The molecule has 1 aliphatic rings. The van der Waals surface area contributed by atoms with Gasteiger partial charge >= 0.3 is 0 Å². The second-order valence-corrected chi connectivity index (χ2v) is 9.23. The van der Waals surface area contributed by atoms with Crippen LogP contribution in [0.25, 0.3) is 0 Å². The summed E-state index contributed by atoms with van der Waals surface area (Å²) in [6, 6.07) is 9.04. The van der Waals surface area contributed by atoms with Gasteiger partial charge in [0.1, 0.15) is 0 Å². The lowest BCUT2D eigenvalue weighted by atomic mass is 10.1. The van der Waals surface area contributed by atoms with Crippen LogP contribution in [0, 0.1) is 0 Å². The zero-order valence-corrected chi connectivity index (χ0v) is 17.0. The van der Waals surface area contributed by atoms with Gasteiger partial charge in [0.2, 0.25) is 0 Å². The van der Waals surface area contributed by atoms with Gasteiger partial charge in [-0.3, -0.25) is 0 Å². The van der Waals surface area contributed by atoms with E-state index in [1.165, 1.54) is 9.88 Å². The first-order valence-corrected chi connectivity index (χ1v) is 10.8. The SMILES string of the molecule is CCNC(=NCc1ccc(Br)s1)NC1CCN(c2cccs2)CC1. The summed E-state index contributed by atoms with van der Waals surface area (Å²) in [4.78, 5) is 8.48. The molecule has 3 rings (SSSR count). The highest BCUT2D eigenvalue weighted by Crippen LogP contribution is 2.25. The minimum Gasteiger partial charge on any atom is -0.363 e. The van der Waals surface area contributed by atoms with Crippen LogP contribution in [0.5, 0.6) is 0 Å². The fourth-order valence-corrected chi connectivity index (χ4v) is 4.99. The van der Waals surface area contributed by atoms with Gasteiger partial charge in [0.05, 0.1) is 15.3 Å². The number of hydrogen-bond donors (Lipinski definition) is 2. The molecule has 0 atom stereocenters. The predicted molar refractivity (Wildman–Crippen MR) is 110 cm³/mol. The number of rotatable bonds is 5. The third-order valence-electron chi connectivity index (χ3n) is 4.02. The third-order valence-corrected chi connectivity index (χ3v) is 6.56. The fraction of sp³-hybridized carbons (Fsp3) is 0.471. The molecule has 0 unspecified atom stereocenters. The van der Waals surface area contributed by atoms with Crippen LogP contribution in [0.4, 0.5) is 5.00 Å². The van der Waals surface area contributed by atoms with Gasteiger partial charge in [0, 0.05) is 30.6 Å². The van der Waals surface area contributed by atoms with Gasteiger partial charge in [-0.15, -0.1) is 22.7 Å². The van der Waals surface area contributed by atoms with E-state index in [1.807, 2.05) is 11.3 Å². The van der Waals surface area contributed by atoms with Crippen molar-refractivity contribution in [3.8, 4) is 0 Å². The molecule has 0 saturated carbocycles. The number of guanidine groups is 1. The topological polar surface area (TPSA) is 39.7 Å². The summed E-state index contributed by atoms with van der Waals surface area (Å²) < 4.78 is 1.16. The first-order chi connectivity index (χ1) is 11.7. The minimum absolute atomic E-state index is 0.495. The Labute approximate surface area is 160 Å². The zero-order chi connectivity index (χ0) is 16.8. The summed E-state index contributed by atoms with van der Waals surface area (Å²) >= 11 is 7.07. The van der Waals surface area contributed by atoms with Crippen molar-refractivity contribution in [2.75, 3.05) is 24.5 Å². The molecule has 2 N–H and O–H groups in total. The van der Waals surface area contributed by atoms with Gasteiger partial charge in [-0.1, -0.05) is 0 Å². The maximum atomic E-state index is 4.73. The second-order valence-electron chi connectivity index (χ2n) is 5.76. The zero-order valence-electron chi connectivity index (χ0n) is 13.8. The Kier molecular flexibility index (Phi) is 6.57. The Balaban J connectivity index is 1.52. The van der Waals surface area contributed by atoms with Crippen LogP contribution in [0.3, 0.4) is 0 Å². The van der Waals surface area contributed by atoms with Gasteiger partial charge in [-0.25, -0.2) is 4.99 Å². The molecule has 0 aromatic carbocycles. The van der Waals surface area contributed by atoms with Crippen LogP contribution < -0.4 is 15.5 Å². The number of nitrogens with zero attached hydrogens (tertiary/aromatic N) is 2. The molecule has 2 aromatic heterocycles. The highest BCUT2D eigenvalue weighted by atomic mass is 79.9. The Bertz CT molecular complexity index is 645. The van der Waals surface area contributed by atoms with Crippen molar-refractivity contribution < 1.29 is 0 Å². The van der Waals surface area contributed by atoms with E-state index in [4.69, 9.17) is 4.99 Å². The van der Waals surface area contributed by atoms with Crippen LogP contribution in [0.15, 0.2) is 38.4 Å². The quantitative estimate of drug-likeness (QED) is 0.552. The molecule has 0 spiro atoms. The van der Waals surface area contributed by atoms with E-state index in [0.717, 1.165) is 48.8 Å². The van der Waals surface area contributed by atoms with Crippen LogP contribution >= 0.6 is 38.6 Å². The van der Waals surface area contributed by atoms with Crippen LogP contribution in [-0.2, 0) is 6.54 Å². The van der Waals surface area contributed by atoms with Gasteiger partial charge in [0.15, 0.2) is 5.96 Å². The van der Waals surface area contributed by atoms with E-state index in [2.05, 4.69) is 68.0 Å². The Morgan fingerprint density at radius 1 is 1.33 bits per heavy atom. The monoisotopic (exact) mass is 426 g/mol. The van der Waals surface area contributed by atoms with E-state index < -0.39 is 0 Å². The van der Waals surface area contributed by atoms with Crippen molar-refractivity contribution in [1.82, 2.24) is 10.6 Å². The summed E-state index contributed by atoms with van der Waals surface area (Å²) in [5.74, 6) is 0.927. The molecule has 130 valence electrons. The molecule has 3 heterocycles. The molecule has 1 saturated heterocycles. The first kappa shape index (κ1) is 17.8. The van der Waals surface area contributed by atoms with E-state index in [1.54, 1.807) is 11.3 Å². The smallest absolute Gasteiger partial charge is 0.191 e. The number of anilines is 1. The standard InChI is InChI=1S/C17H23BrN4S2/c1-2-19-17(20-12-14-5-6-15(18)24-14)21-13-7-9-22(10-8-13)16-4-3-11-23-16/h3-6,11,13H,2,7-10,12H2,1H3,(H2,19,20,21). The molecule has 1 fully saturated rings. The number of hydrogen-bond acceptors (Lipinski definition) is 4. The molecule has 2 aromatic rings. The van der Waals surface area contributed by atoms with Crippen LogP contribution in [0.1, 0.15) is 24.6 Å². The maximum Gasteiger partial charge on any atom is 0.191 e. The van der Waals surface area contributed by atoms with E-state index in [9.17, 15) is 0 Å². The van der Waals surface area contributed by atoms with Crippen molar-refractivity contribution in [3.63, 3.8) is 0 Å². The molecule has 4 nitrogen and oxygen atoms in total. The molecular formula is C17H23BrN4S2. The molecule has 0 aliphatic carbocycles. The van der Waals surface area contributed by atoms with Crippen molar-refractivity contribution in [3.05, 3.63) is 38.3 Å². The summed E-state index contributed by atoms with van der Waals surface area (Å²) in [6.45, 7) is 5.93. The fourth-order valence-electron chi connectivity index (χ4n) is 2.80. The molecular weight excluding hydrogens is 404 g/mol. The Hall–Kier alpha value is -1.05. The first-order valence-electron chi connectivity index (χ1n) is 8.32. The number of halogens is 1. The van der Waals surface area contributed by atoms with Gasteiger partial charge in [-0.05, 0) is 65.3 Å². The van der Waals surface area contributed by atoms with Crippen LogP contribution in [-0.4, -0.2) is 31.6 Å². The third kappa shape index (κ3) is 4.97. The largest absolute Gasteiger partial charge is 0.363 e. The lowest BCUT2D eigenvalue weighted by molar-refractivity contribution is 0.463. The average Bonchev–Trinajstić information content (AvgIpc) is 3.25. The van der Waals surface area contributed by atoms with Gasteiger partial charge in [0.25, 0.3) is 0 Å². The number of aliphatic imine (C=N–C) groups is 1. The summed E-state index contributed by atoms with van der Waals surface area (Å²) in [5, 5.41) is 10.5. The molecule has 0 bridgehead atoms. The summed E-state index contributed by atoms with van der Waals surface area (Å²) in [7, 11) is 0. The van der Waals surface area contributed by atoms with E-state index in [-0.39, 0.29) is 0 Å². The lowest BCUT2D eigenvalue weighted by Crippen LogP contribution is -2.48. The average molecular weight is 427 g/mol. The number of piperidine rings is 1. The van der Waals surface area contributed by atoms with E-state index in [0.29, 0.717) is 6.04 Å². The Morgan fingerprint density at radius 3 is 2.79 bits per heavy atom. The van der Waals surface area contributed by atoms with E-state index >= 15 is 0 Å². The van der Waals surface area contributed by atoms with Gasteiger partial charge in [-0.2, -0.15) is 0 Å². The van der Waals surface area contributed by atoms with Crippen molar-refractivity contribution in [2.24, 2.45) is 4.99 Å². The molecule has 0 radical (unpaired) electrons. The Morgan fingerprint density at radius 2 is 2.17 bits per heavy atom. The highest BCUT2D eigenvalue weighted by molar-refractivity contribution is 9.11. The predicted octanol–water partition coefficient (Wildman–Crippen LogP) is 4.30. The van der Waals surface area contributed by atoms with Crippen molar-refractivity contribution >= 4 is 49.6 Å². The second kappa shape index (κ2) is 8.87. The van der Waals surface area contributed by atoms with Gasteiger partial charge < -0.3 is 15.5 Å². The normalized spacial score (nSPS) is 16.4. The van der Waals surface area contributed by atoms with Crippen molar-refractivity contribution in [1.29, 1.82) is 0 Å². The molecule has 24 heavy (non-hydrogen) atoms.